The minimum absolute atomic E-state index is 0.104. The molecule has 1 aromatic carbocycles. The summed E-state index contributed by atoms with van der Waals surface area (Å²) in [6.45, 7) is 8.80. The Bertz CT molecular complexity index is 550. The molecule has 0 fully saturated rings. The number of para-hydroxylation sites is 1. The number of hydrogen-bond acceptors (Lipinski definition) is 3. The molecule has 4 heteroatoms. The van der Waals surface area contributed by atoms with Gasteiger partial charge < -0.3 is 10.1 Å². The number of nitrogens with one attached hydrogen (secondary N) is 1. The summed E-state index contributed by atoms with van der Waals surface area (Å²) in [5.41, 5.74) is 2.35. The Morgan fingerprint density at radius 1 is 1.19 bits per heavy atom. The lowest BCUT2D eigenvalue weighted by Gasteiger charge is -2.22. The summed E-state index contributed by atoms with van der Waals surface area (Å²) >= 11 is 0. The van der Waals surface area contributed by atoms with E-state index in [9.17, 15) is 0 Å². The highest BCUT2D eigenvalue weighted by Gasteiger charge is 2.20. The zero-order chi connectivity index (χ0) is 15.1. The minimum atomic E-state index is 0.104. The van der Waals surface area contributed by atoms with Crippen LogP contribution >= 0.6 is 0 Å². The molecular formula is C17H25N3O. The number of hydrogen-bond donors (Lipinski definition) is 1. The lowest BCUT2D eigenvalue weighted by atomic mass is 10.0. The molecule has 1 heterocycles. The fourth-order valence-corrected chi connectivity index (χ4v) is 2.57. The highest BCUT2D eigenvalue weighted by molar-refractivity contribution is 5.40. The van der Waals surface area contributed by atoms with Gasteiger partial charge in [-0.25, -0.2) is 0 Å². The van der Waals surface area contributed by atoms with Gasteiger partial charge in [0, 0.05) is 18.3 Å². The normalized spacial score (nSPS) is 12.3. The van der Waals surface area contributed by atoms with Crippen molar-refractivity contribution in [2.24, 2.45) is 0 Å². The molecule has 1 atom stereocenters. The second-order valence-corrected chi connectivity index (χ2v) is 4.94. The molecule has 0 bridgehead atoms. The minimum Gasteiger partial charge on any atom is -0.494 e. The summed E-state index contributed by atoms with van der Waals surface area (Å²) in [5, 5.41) is 8.00. The van der Waals surface area contributed by atoms with Crippen molar-refractivity contribution in [1.29, 1.82) is 0 Å². The number of aromatic nitrogens is 2. The van der Waals surface area contributed by atoms with Gasteiger partial charge in [0.2, 0.25) is 0 Å². The van der Waals surface area contributed by atoms with Crippen LogP contribution in [0.2, 0.25) is 0 Å². The molecule has 0 spiro atoms. The number of aryl methyl sites for hydroxylation is 1. The van der Waals surface area contributed by atoms with Crippen molar-refractivity contribution in [3.05, 3.63) is 47.8 Å². The van der Waals surface area contributed by atoms with Gasteiger partial charge in [0.1, 0.15) is 5.75 Å². The molecule has 0 saturated heterocycles. The zero-order valence-electron chi connectivity index (χ0n) is 13.2. The third kappa shape index (κ3) is 3.64. The van der Waals surface area contributed by atoms with E-state index >= 15 is 0 Å². The second-order valence-electron chi connectivity index (χ2n) is 4.94. The molecule has 0 saturated carbocycles. The van der Waals surface area contributed by atoms with Crippen LogP contribution in [0.25, 0.3) is 0 Å². The summed E-state index contributed by atoms with van der Waals surface area (Å²) in [6, 6.07) is 10.4. The van der Waals surface area contributed by atoms with Gasteiger partial charge in [-0.05, 0) is 32.0 Å². The zero-order valence-corrected chi connectivity index (χ0v) is 13.2. The van der Waals surface area contributed by atoms with Gasteiger partial charge in [-0.3, -0.25) is 4.68 Å². The van der Waals surface area contributed by atoms with Gasteiger partial charge >= 0.3 is 0 Å². The second kappa shape index (κ2) is 7.84. The summed E-state index contributed by atoms with van der Waals surface area (Å²) in [6.07, 6.45) is 2.94. The summed E-state index contributed by atoms with van der Waals surface area (Å²) in [7, 11) is 0. The maximum absolute atomic E-state index is 5.79. The van der Waals surface area contributed by atoms with Gasteiger partial charge in [0.05, 0.1) is 18.3 Å². The van der Waals surface area contributed by atoms with E-state index in [0.717, 1.165) is 25.3 Å². The molecule has 4 nitrogen and oxygen atoms in total. The number of nitrogens with zero attached hydrogens (tertiary/aromatic N) is 2. The van der Waals surface area contributed by atoms with Crippen LogP contribution in [0.3, 0.4) is 0 Å². The van der Waals surface area contributed by atoms with Gasteiger partial charge in [0.15, 0.2) is 0 Å². The molecule has 0 aliphatic carbocycles. The van der Waals surface area contributed by atoms with Crippen molar-refractivity contribution in [3.8, 4) is 5.75 Å². The molecule has 114 valence electrons. The molecule has 0 radical (unpaired) electrons. The highest BCUT2D eigenvalue weighted by atomic mass is 16.5. The van der Waals surface area contributed by atoms with E-state index in [4.69, 9.17) is 4.74 Å². The standard InChI is InChI=1S/C17H25N3O/c1-4-13-20-15(11-12-19-20)17(18-5-2)14-9-7-8-10-16(14)21-6-3/h7-12,17-18H,4-6,13H2,1-3H3. The first kappa shape index (κ1) is 15.6. The van der Waals surface area contributed by atoms with Crippen molar-refractivity contribution < 1.29 is 4.74 Å². The average Bonchev–Trinajstić information content (AvgIpc) is 2.94. The van der Waals surface area contributed by atoms with Crippen LogP contribution in [0, 0.1) is 0 Å². The fourth-order valence-electron chi connectivity index (χ4n) is 2.57. The predicted molar refractivity (Wildman–Crippen MR) is 85.6 cm³/mol. The average molecular weight is 287 g/mol. The van der Waals surface area contributed by atoms with E-state index < -0.39 is 0 Å². The van der Waals surface area contributed by atoms with E-state index in [0.29, 0.717) is 6.61 Å². The molecule has 1 N–H and O–H groups in total. The third-order valence-corrected chi connectivity index (χ3v) is 3.42. The van der Waals surface area contributed by atoms with E-state index in [1.807, 2.05) is 25.3 Å². The molecule has 1 unspecified atom stereocenters. The van der Waals surface area contributed by atoms with Crippen LogP contribution in [-0.2, 0) is 6.54 Å². The monoisotopic (exact) mass is 287 g/mol. The number of rotatable bonds is 8. The van der Waals surface area contributed by atoms with Crippen LogP contribution in [0.5, 0.6) is 5.75 Å². The van der Waals surface area contributed by atoms with Gasteiger partial charge in [0.25, 0.3) is 0 Å². The first-order valence-electron chi connectivity index (χ1n) is 7.78. The lowest BCUT2D eigenvalue weighted by molar-refractivity contribution is 0.332. The van der Waals surface area contributed by atoms with Gasteiger partial charge in [-0.15, -0.1) is 0 Å². The Hall–Kier alpha value is -1.81. The van der Waals surface area contributed by atoms with Crippen LogP contribution < -0.4 is 10.1 Å². The van der Waals surface area contributed by atoms with Crippen LogP contribution in [0.15, 0.2) is 36.5 Å². The van der Waals surface area contributed by atoms with Crippen molar-refractivity contribution in [2.45, 2.75) is 39.8 Å². The highest BCUT2D eigenvalue weighted by Crippen LogP contribution is 2.30. The molecule has 0 amide bonds. The van der Waals surface area contributed by atoms with Crippen LogP contribution in [0.1, 0.15) is 44.5 Å². The van der Waals surface area contributed by atoms with E-state index in [1.165, 1.54) is 11.3 Å². The van der Waals surface area contributed by atoms with E-state index in [-0.39, 0.29) is 6.04 Å². The maximum atomic E-state index is 5.79. The van der Waals surface area contributed by atoms with E-state index in [2.05, 4.69) is 47.1 Å². The Morgan fingerprint density at radius 3 is 2.71 bits per heavy atom. The quantitative estimate of drug-likeness (QED) is 0.809. The Balaban J connectivity index is 2.41. The molecule has 2 rings (SSSR count). The topological polar surface area (TPSA) is 39.1 Å². The fraction of sp³-hybridized carbons (Fsp3) is 0.471. The largest absolute Gasteiger partial charge is 0.494 e. The lowest BCUT2D eigenvalue weighted by Crippen LogP contribution is -2.25. The third-order valence-electron chi connectivity index (χ3n) is 3.42. The first-order valence-corrected chi connectivity index (χ1v) is 7.78. The molecule has 0 aliphatic rings. The molecule has 0 aliphatic heterocycles. The van der Waals surface area contributed by atoms with Gasteiger partial charge in [-0.2, -0.15) is 5.10 Å². The maximum Gasteiger partial charge on any atom is 0.124 e. The van der Waals surface area contributed by atoms with Gasteiger partial charge in [-0.1, -0.05) is 32.0 Å². The molecule has 1 aromatic heterocycles. The SMILES string of the molecule is CCCn1nccc1C(NCC)c1ccccc1OCC. The smallest absolute Gasteiger partial charge is 0.124 e. The summed E-state index contributed by atoms with van der Waals surface area (Å²) < 4.78 is 7.87. The Labute approximate surface area is 127 Å². The molecular weight excluding hydrogens is 262 g/mol. The first-order chi connectivity index (χ1) is 10.3. The van der Waals surface area contributed by atoms with Crippen LogP contribution in [0.4, 0.5) is 0 Å². The van der Waals surface area contributed by atoms with Crippen molar-refractivity contribution >= 4 is 0 Å². The van der Waals surface area contributed by atoms with Crippen molar-refractivity contribution in [1.82, 2.24) is 15.1 Å². The summed E-state index contributed by atoms with van der Waals surface area (Å²) in [5.74, 6) is 0.940. The summed E-state index contributed by atoms with van der Waals surface area (Å²) in [4.78, 5) is 0. The van der Waals surface area contributed by atoms with Crippen molar-refractivity contribution in [3.63, 3.8) is 0 Å². The number of ether oxygens (including phenoxy) is 1. The molecule has 2 aromatic rings. The Morgan fingerprint density at radius 2 is 2.00 bits per heavy atom. The predicted octanol–water partition coefficient (Wildman–Crippen LogP) is 3.39. The Kier molecular flexibility index (Phi) is 5.81. The molecule has 21 heavy (non-hydrogen) atoms. The van der Waals surface area contributed by atoms with Crippen molar-refractivity contribution in [2.75, 3.05) is 13.2 Å². The van der Waals surface area contributed by atoms with Crippen LogP contribution in [-0.4, -0.2) is 22.9 Å². The van der Waals surface area contributed by atoms with E-state index in [1.54, 1.807) is 0 Å². The number of benzene rings is 1.